The summed E-state index contributed by atoms with van der Waals surface area (Å²) in [6, 6.07) is 0. The Morgan fingerprint density at radius 3 is 2.58 bits per heavy atom. The Labute approximate surface area is 71.5 Å². The molecule has 2 atom stereocenters. The molecule has 0 bridgehead atoms. The van der Waals surface area contributed by atoms with Crippen LogP contribution in [-0.4, -0.2) is 28.6 Å². The van der Waals surface area contributed by atoms with Crippen LogP contribution in [0, 0.1) is 4.91 Å². The minimum absolute atomic E-state index is 0.507. The van der Waals surface area contributed by atoms with Crippen molar-refractivity contribution in [2.45, 2.75) is 32.2 Å². The summed E-state index contributed by atoms with van der Waals surface area (Å²) in [5.74, 6) is 5.44. The molecule has 0 amide bonds. The first-order valence-electron chi connectivity index (χ1n) is 3.79. The molecule has 0 aliphatic heterocycles. The summed E-state index contributed by atoms with van der Waals surface area (Å²) in [5.41, 5.74) is 3.62. The normalized spacial score (nSPS) is 18.8. The van der Waals surface area contributed by atoms with Gasteiger partial charge in [0.2, 0.25) is 5.72 Å². The molecule has 2 unspecified atom stereocenters. The molecule has 0 aromatic heterocycles. The molecular formula is C6H16N4O2. The van der Waals surface area contributed by atoms with E-state index in [4.69, 9.17) is 11.6 Å². The Morgan fingerprint density at radius 2 is 2.25 bits per heavy atom. The molecule has 12 heavy (non-hydrogen) atoms. The second kappa shape index (κ2) is 4.46. The van der Waals surface area contributed by atoms with Gasteiger partial charge in [-0.2, -0.15) is 0 Å². The quantitative estimate of drug-likeness (QED) is 0.223. The van der Waals surface area contributed by atoms with Crippen molar-refractivity contribution in [2.75, 3.05) is 6.54 Å². The van der Waals surface area contributed by atoms with Gasteiger partial charge in [0.25, 0.3) is 0 Å². The van der Waals surface area contributed by atoms with Crippen LogP contribution in [-0.2, 0) is 0 Å². The maximum Gasteiger partial charge on any atom is 0.224 e. The molecule has 5 N–H and O–H groups in total. The maximum absolute atomic E-state index is 10.1. The van der Waals surface area contributed by atoms with Crippen molar-refractivity contribution in [1.82, 2.24) is 5.01 Å². The Hall–Kier alpha value is -0.560. The molecule has 0 rings (SSSR count). The Kier molecular flexibility index (Phi) is 4.25. The second-order valence-electron chi connectivity index (χ2n) is 2.87. The number of aliphatic hydroxyl groups is 1. The highest BCUT2D eigenvalue weighted by Gasteiger charge is 2.33. The molecule has 72 valence electrons. The standard InChI is InChI=1S/C6H16N4O2/c1-3-4-10(8)5(7)6(2,11)9-12/h5,11H,3-4,7-8H2,1-2H3. The van der Waals surface area contributed by atoms with E-state index in [2.05, 4.69) is 5.18 Å². The van der Waals surface area contributed by atoms with Gasteiger partial charge in [-0.1, -0.05) is 6.92 Å². The van der Waals surface area contributed by atoms with Crippen molar-refractivity contribution in [3.63, 3.8) is 0 Å². The number of nitrogens with zero attached hydrogens (tertiary/aromatic N) is 2. The molecule has 0 aromatic rings. The maximum atomic E-state index is 10.1. The molecule has 0 aromatic carbocycles. The predicted molar refractivity (Wildman–Crippen MR) is 45.6 cm³/mol. The molecule has 0 aliphatic carbocycles. The van der Waals surface area contributed by atoms with Gasteiger partial charge in [0.1, 0.15) is 6.17 Å². The number of rotatable bonds is 5. The summed E-state index contributed by atoms with van der Waals surface area (Å²) in [5, 5.41) is 12.9. The van der Waals surface area contributed by atoms with Crippen LogP contribution in [0.2, 0.25) is 0 Å². The topological polar surface area (TPSA) is 105 Å². The third-order valence-electron chi connectivity index (χ3n) is 1.58. The molecule has 6 heteroatoms. The number of hydrogen-bond acceptors (Lipinski definition) is 6. The average Bonchev–Trinajstić information content (AvgIpc) is 2.03. The van der Waals surface area contributed by atoms with Crippen molar-refractivity contribution >= 4 is 0 Å². The fraction of sp³-hybridized carbons (Fsp3) is 1.00. The van der Waals surface area contributed by atoms with Gasteiger partial charge in [0, 0.05) is 6.54 Å². The Bertz CT molecular complexity index is 150. The van der Waals surface area contributed by atoms with Crippen LogP contribution >= 0.6 is 0 Å². The van der Waals surface area contributed by atoms with Crippen LogP contribution in [0.15, 0.2) is 5.18 Å². The van der Waals surface area contributed by atoms with E-state index in [0.29, 0.717) is 6.54 Å². The van der Waals surface area contributed by atoms with Crippen LogP contribution in [0.5, 0.6) is 0 Å². The predicted octanol–water partition coefficient (Wildman–Crippen LogP) is -0.668. The summed E-state index contributed by atoms with van der Waals surface area (Å²) in [6.07, 6.45) is -0.172. The first-order valence-corrected chi connectivity index (χ1v) is 3.79. The third kappa shape index (κ3) is 2.82. The van der Waals surface area contributed by atoms with Crippen LogP contribution in [0.3, 0.4) is 0 Å². The lowest BCUT2D eigenvalue weighted by Crippen LogP contribution is -2.58. The molecular weight excluding hydrogens is 160 g/mol. The van der Waals surface area contributed by atoms with Crippen molar-refractivity contribution in [1.29, 1.82) is 0 Å². The first kappa shape index (κ1) is 11.4. The van der Waals surface area contributed by atoms with E-state index in [1.807, 2.05) is 6.92 Å². The van der Waals surface area contributed by atoms with Gasteiger partial charge in [0.15, 0.2) is 0 Å². The highest BCUT2D eigenvalue weighted by atomic mass is 16.4. The van der Waals surface area contributed by atoms with E-state index in [-0.39, 0.29) is 0 Å². The summed E-state index contributed by atoms with van der Waals surface area (Å²) < 4.78 is 0. The fourth-order valence-corrected chi connectivity index (χ4v) is 0.765. The average molecular weight is 176 g/mol. The van der Waals surface area contributed by atoms with E-state index >= 15 is 0 Å². The molecule has 0 heterocycles. The lowest BCUT2D eigenvalue weighted by molar-refractivity contribution is -0.0269. The molecule has 0 radical (unpaired) electrons. The third-order valence-corrected chi connectivity index (χ3v) is 1.58. The van der Waals surface area contributed by atoms with Gasteiger partial charge in [-0.15, -0.1) is 4.91 Å². The Morgan fingerprint density at radius 1 is 1.75 bits per heavy atom. The van der Waals surface area contributed by atoms with Gasteiger partial charge < -0.3 is 10.8 Å². The van der Waals surface area contributed by atoms with E-state index in [0.717, 1.165) is 6.42 Å². The van der Waals surface area contributed by atoms with E-state index < -0.39 is 11.9 Å². The highest BCUT2D eigenvalue weighted by Crippen LogP contribution is 2.10. The lowest BCUT2D eigenvalue weighted by Gasteiger charge is -2.30. The molecule has 6 nitrogen and oxygen atoms in total. The summed E-state index contributed by atoms with van der Waals surface area (Å²) in [4.78, 5) is 10.1. The van der Waals surface area contributed by atoms with Crippen LogP contribution in [0.25, 0.3) is 0 Å². The first-order chi connectivity index (χ1) is 5.45. The van der Waals surface area contributed by atoms with Crippen molar-refractivity contribution < 1.29 is 5.11 Å². The molecule has 0 spiro atoms. The minimum atomic E-state index is -1.83. The van der Waals surface area contributed by atoms with E-state index in [1.54, 1.807) is 0 Å². The van der Waals surface area contributed by atoms with Gasteiger partial charge in [-0.25, -0.2) is 5.01 Å². The number of nitroso groups, excluding NO2 is 1. The zero-order valence-electron chi connectivity index (χ0n) is 7.40. The summed E-state index contributed by atoms with van der Waals surface area (Å²) >= 11 is 0. The zero-order chi connectivity index (χ0) is 9.78. The van der Waals surface area contributed by atoms with Crippen LogP contribution in [0.1, 0.15) is 20.3 Å². The van der Waals surface area contributed by atoms with Gasteiger partial charge in [-0.3, -0.25) is 5.84 Å². The molecule has 0 saturated carbocycles. The number of hydrazine groups is 1. The molecule has 0 fully saturated rings. The number of nitrogens with two attached hydrogens (primary N) is 2. The summed E-state index contributed by atoms with van der Waals surface area (Å²) in [7, 11) is 0. The lowest BCUT2D eigenvalue weighted by atomic mass is 10.2. The number of hydrogen-bond donors (Lipinski definition) is 3. The second-order valence-corrected chi connectivity index (χ2v) is 2.87. The monoisotopic (exact) mass is 176 g/mol. The van der Waals surface area contributed by atoms with Gasteiger partial charge >= 0.3 is 0 Å². The van der Waals surface area contributed by atoms with E-state index in [1.165, 1.54) is 11.9 Å². The SMILES string of the molecule is CCCN(N)C(N)C(C)(O)N=O. The molecule has 0 aliphatic rings. The zero-order valence-corrected chi connectivity index (χ0v) is 7.40. The Balaban J connectivity index is 4.16. The molecule has 0 saturated heterocycles. The smallest absolute Gasteiger partial charge is 0.224 e. The van der Waals surface area contributed by atoms with Gasteiger partial charge in [-0.05, 0) is 18.5 Å². The van der Waals surface area contributed by atoms with E-state index in [9.17, 15) is 10.0 Å². The van der Waals surface area contributed by atoms with Crippen LogP contribution < -0.4 is 11.6 Å². The summed E-state index contributed by atoms with van der Waals surface area (Å²) in [6.45, 7) is 3.64. The fourth-order valence-electron chi connectivity index (χ4n) is 0.765. The van der Waals surface area contributed by atoms with Gasteiger partial charge in [0.05, 0.1) is 0 Å². The van der Waals surface area contributed by atoms with Crippen LogP contribution in [0.4, 0.5) is 0 Å². The highest BCUT2D eigenvalue weighted by molar-refractivity contribution is 4.80. The van der Waals surface area contributed by atoms with Crippen molar-refractivity contribution in [2.24, 2.45) is 16.8 Å². The minimum Gasteiger partial charge on any atom is -0.364 e. The van der Waals surface area contributed by atoms with Crippen molar-refractivity contribution in [3.05, 3.63) is 4.91 Å². The van der Waals surface area contributed by atoms with Crippen molar-refractivity contribution in [3.8, 4) is 0 Å². The largest absolute Gasteiger partial charge is 0.364 e.